The van der Waals surface area contributed by atoms with E-state index in [1.807, 2.05) is 49.4 Å². The van der Waals surface area contributed by atoms with Crippen LogP contribution in [0.3, 0.4) is 0 Å². The zero-order valence-corrected chi connectivity index (χ0v) is 9.14. The van der Waals surface area contributed by atoms with Crippen LogP contribution < -0.4 is 5.11 Å². The van der Waals surface area contributed by atoms with Crippen molar-refractivity contribution in [2.24, 2.45) is 0 Å². The van der Waals surface area contributed by atoms with Gasteiger partial charge in [-0.1, -0.05) is 48.1 Å². The van der Waals surface area contributed by atoms with E-state index in [9.17, 15) is 9.90 Å². The average Bonchev–Trinajstić information content (AvgIpc) is 2.39. The van der Waals surface area contributed by atoms with Crippen LogP contribution in [0, 0.1) is 0 Å². The second-order valence-electron chi connectivity index (χ2n) is 4.06. The van der Waals surface area contributed by atoms with Gasteiger partial charge in [0.1, 0.15) is 0 Å². The summed E-state index contributed by atoms with van der Waals surface area (Å²) >= 11 is 0. The minimum absolute atomic E-state index is 0.0377. The highest BCUT2D eigenvalue weighted by Gasteiger charge is 2.14. The molecule has 1 aliphatic carbocycles. The number of carboxylic acid groups (broad SMARTS) is 1. The zero-order valence-electron chi connectivity index (χ0n) is 9.14. The predicted octanol–water partition coefficient (Wildman–Crippen LogP) is 1.88. The number of carbonyl (C=O) groups is 1. The summed E-state index contributed by atoms with van der Waals surface area (Å²) in [5.74, 6) is -1.10. The molecule has 82 valence electrons. The second kappa shape index (κ2) is 4.35. The quantitative estimate of drug-likeness (QED) is 0.752. The van der Waals surface area contributed by atoms with Gasteiger partial charge < -0.3 is 9.90 Å². The number of fused-ring (bicyclic) bond motifs is 1. The Morgan fingerprint density at radius 2 is 2.06 bits per heavy atom. The molecule has 2 heteroatoms. The molecule has 0 N–H and O–H groups in total. The first kappa shape index (κ1) is 10.7. The summed E-state index contributed by atoms with van der Waals surface area (Å²) in [6.07, 6.45) is 6.05. The number of hydrogen-bond donors (Lipinski definition) is 0. The smallest absolute Gasteiger partial charge is 0.0423 e. The summed E-state index contributed by atoms with van der Waals surface area (Å²) in [4.78, 5) is 10.7. The molecule has 0 aliphatic heterocycles. The summed E-state index contributed by atoms with van der Waals surface area (Å²) in [5, 5.41) is 10.7. The van der Waals surface area contributed by atoms with E-state index in [0.29, 0.717) is 0 Å². The number of aliphatic carboxylic acids is 1. The van der Waals surface area contributed by atoms with Crippen molar-refractivity contribution in [2.75, 3.05) is 0 Å². The lowest BCUT2D eigenvalue weighted by Gasteiger charge is -2.15. The first-order chi connectivity index (χ1) is 7.66. The van der Waals surface area contributed by atoms with E-state index in [0.717, 1.165) is 16.7 Å². The van der Waals surface area contributed by atoms with Crippen molar-refractivity contribution >= 4 is 12.0 Å². The second-order valence-corrected chi connectivity index (χ2v) is 4.06. The lowest BCUT2D eigenvalue weighted by atomic mass is 9.92. The van der Waals surface area contributed by atoms with Crippen LogP contribution >= 0.6 is 0 Å². The van der Waals surface area contributed by atoms with Crippen molar-refractivity contribution in [3.8, 4) is 0 Å². The Morgan fingerprint density at radius 3 is 2.81 bits per heavy atom. The van der Waals surface area contributed by atoms with E-state index in [1.165, 1.54) is 0 Å². The first-order valence-electron chi connectivity index (χ1n) is 5.32. The standard InChI is InChI=1S/C14H14O2/c1-10-6-7-11-4-2-3-5-13(11)12(8-10)9-14(15)16/h2-8,12H,9H2,1H3,(H,15,16)/p-1. The Balaban J connectivity index is 2.45. The molecule has 0 saturated heterocycles. The van der Waals surface area contributed by atoms with Gasteiger partial charge in [-0.15, -0.1) is 0 Å². The van der Waals surface area contributed by atoms with E-state index in [2.05, 4.69) is 0 Å². The summed E-state index contributed by atoms with van der Waals surface area (Å²) < 4.78 is 0. The molecule has 1 aromatic carbocycles. The van der Waals surface area contributed by atoms with Gasteiger partial charge in [0.2, 0.25) is 0 Å². The number of benzene rings is 1. The zero-order chi connectivity index (χ0) is 11.5. The SMILES string of the molecule is CC1=CC(CC(=O)[O-])c2ccccc2C=C1. The molecule has 0 spiro atoms. The molecule has 1 unspecified atom stereocenters. The average molecular weight is 213 g/mol. The van der Waals surface area contributed by atoms with E-state index in [4.69, 9.17) is 0 Å². The van der Waals surface area contributed by atoms with Crippen LogP contribution in [0.2, 0.25) is 0 Å². The molecular formula is C14H13O2-. The minimum atomic E-state index is -1.01. The number of allylic oxidation sites excluding steroid dienone is 3. The third-order valence-electron chi connectivity index (χ3n) is 2.77. The van der Waals surface area contributed by atoms with Crippen LogP contribution in [-0.2, 0) is 4.79 Å². The molecule has 0 amide bonds. The first-order valence-corrected chi connectivity index (χ1v) is 5.32. The summed E-state index contributed by atoms with van der Waals surface area (Å²) in [5.41, 5.74) is 3.23. The third-order valence-corrected chi connectivity index (χ3v) is 2.77. The Morgan fingerprint density at radius 1 is 1.31 bits per heavy atom. The Bertz CT molecular complexity index is 469. The van der Waals surface area contributed by atoms with Gasteiger partial charge in [0.25, 0.3) is 0 Å². The van der Waals surface area contributed by atoms with Gasteiger partial charge in [-0.05, 0) is 24.5 Å². The van der Waals surface area contributed by atoms with Crippen molar-refractivity contribution in [3.05, 3.63) is 53.1 Å². The molecule has 0 heterocycles. The van der Waals surface area contributed by atoms with E-state index in [1.54, 1.807) is 0 Å². The molecule has 16 heavy (non-hydrogen) atoms. The van der Waals surface area contributed by atoms with Crippen LogP contribution in [0.1, 0.15) is 30.4 Å². The summed E-state index contributed by atoms with van der Waals surface area (Å²) in [7, 11) is 0. The molecule has 0 fully saturated rings. The van der Waals surface area contributed by atoms with Crippen LogP contribution in [0.5, 0.6) is 0 Å². The van der Waals surface area contributed by atoms with Crippen molar-refractivity contribution in [3.63, 3.8) is 0 Å². The molecule has 1 aliphatic rings. The van der Waals surface area contributed by atoms with Crippen molar-refractivity contribution in [2.45, 2.75) is 19.3 Å². The largest absolute Gasteiger partial charge is 0.550 e. The van der Waals surface area contributed by atoms with Gasteiger partial charge >= 0.3 is 0 Å². The molecule has 2 rings (SSSR count). The van der Waals surface area contributed by atoms with Crippen molar-refractivity contribution < 1.29 is 9.90 Å². The Kier molecular flexibility index (Phi) is 2.91. The van der Waals surface area contributed by atoms with Crippen LogP contribution in [-0.4, -0.2) is 5.97 Å². The molecule has 0 radical (unpaired) electrons. The number of carbonyl (C=O) groups excluding carboxylic acids is 1. The molecule has 0 bridgehead atoms. The monoisotopic (exact) mass is 213 g/mol. The fourth-order valence-corrected chi connectivity index (χ4v) is 2.03. The van der Waals surface area contributed by atoms with Gasteiger partial charge in [0, 0.05) is 11.9 Å². The van der Waals surface area contributed by atoms with E-state index >= 15 is 0 Å². The topological polar surface area (TPSA) is 40.1 Å². The summed E-state index contributed by atoms with van der Waals surface area (Å²) in [6, 6.07) is 7.87. The maximum Gasteiger partial charge on any atom is 0.0423 e. The summed E-state index contributed by atoms with van der Waals surface area (Å²) in [6.45, 7) is 1.98. The maximum absolute atomic E-state index is 10.7. The van der Waals surface area contributed by atoms with Crippen molar-refractivity contribution in [1.82, 2.24) is 0 Å². The van der Waals surface area contributed by atoms with Crippen LogP contribution in [0.15, 0.2) is 42.0 Å². The van der Waals surface area contributed by atoms with Gasteiger partial charge in [-0.2, -0.15) is 0 Å². The molecule has 0 saturated carbocycles. The maximum atomic E-state index is 10.7. The van der Waals surface area contributed by atoms with Gasteiger partial charge in [0.05, 0.1) is 0 Å². The number of rotatable bonds is 2. The van der Waals surface area contributed by atoms with E-state index < -0.39 is 5.97 Å². The third kappa shape index (κ3) is 2.22. The Labute approximate surface area is 94.9 Å². The Hall–Kier alpha value is -1.83. The molecule has 2 nitrogen and oxygen atoms in total. The molecule has 1 atom stereocenters. The van der Waals surface area contributed by atoms with Crippen LogP contribution in [0.4, 0.5) is 0 Å². The van der Waals surface area contributed by atoms with Gasteiger partial charge in [-0.3, -0.25) is 0 Å². The highest BCUT2D eigenvalue weighted by Crippen LogP contribution is 2.29. The molecular weight excluding hydrogens is 200 g/mol. The fraction of sp³-hybridized carbons (Fsp3) is 0.214. The number of hydrogen-bond acceptors (Lipinski definition) is 2. The fourth-order valence-electron chi connectivity index (χ4n) is 2.03. The van der Waals surface area contributed by atoms with Gasteiger partial charge in [-0.25, -0.2) is 0 Å². The van der Waals surface area contributed by atoms with Gasteiger partial charge in [0.15, 0.2) is 0 Å². The molecule has 1 aromatic rings. The van der Waals surface area contributed by atoms with Crippen molar-refractivity contribution in [1.29, 1.82) is 0 Å². The predicted molar refractivity (Wildman–Crippen MR) is 61.6 cm³/mol. The normalized spacial score (nSPS) is 18.6. The van der Waals surface area contributed by atoms with E-state index in [-0.39, 0.29) is 12.3 Å². The minimum Gasteiger partial charge on any atom is -0.550 e. The van der Waals surface area contributed by atoms with Crippen LogP contribution in [0.25, 0.3) is 6.08 Å². The lowest BCUT2D eigenvalue weighted by Crippen LogP contribution is -2.24. The lowest BCUT2D eigenvalue weighted by molar-refractivity contribution is -0.305. The highest BCUT2D eigenvalue weighted by molar-refractivity contribution is 5.68. The highest BCUT2D eigenvalue weighted by atomic mass is 16.4. The molecule has 0 aromatic heterocycles. The number of carboxylic acids is 1.